The molecule has 4 heteroatoms. The summed E-state index contributed by atoms with van der Waals surface area (Å²) in [5.74, 6) is 1.34. The zero-order chi connectivity index (χ0) is 11.7. The Balaban J connectivity index is 2.60. The molecule has 0 saturated heterocycles. The van der Waals surface area contributed by atoms with Crippen LogP contribution in [0.3, 0.4) is 0 Å². The van der Waals surface area contributed by atoms with Crippen molar-refractivity contribution in [2.75, 3.05) is 0 Å². The van der Waals surface area contributed by atoms with Crippen molar-refractivity contribution in [3.8, 4) is 0 Å². The molecule has 0 spiro atoms. The van der Waals surface area contributed by atoms with E-state index in [4.69, 9.17) is 5.73 Å². The molecule has 0 aromatic carbocycles. The molecule has 2 rings (SSSR count). The molecule has 0 aliphatic carbocycles. The van der Waals surface area contributed by atoms with Crippen LogP contribution in [0.4, 0.5) is 0 Å². The third-order valence-corrected chi connectivity index (χ3v) is 2.91. The van der Waals surface area contributed by atoms with Crippen LogP contribution in [-0.4, -0.2) is 14.5 Å². The second-order valence-electron chi connectivity index (χ2n) is 4.35. The molecule has 2 aromatic heterocycles. The first kappa shape index (κ1) is 11.1. The van der Waals surface area contributed by atoms with E-state index in [1.165, 1.54) is 0 Å². The van der Waals surface area contributed by atoms with E-state index in [2.05, 4.69) is 35.3 Å². The molecule has 0 fully saturated rings. The average Bonchev–Trinajstić information content (AvgIpc) is 2.65. The number of hydrogen-bond donors (Lipinski definition) is 1. The van der Waals surface area contributed by atoms with Gasteiger partial charge in [0.1, 0.15) is 11.3 Å². The number of nitrogens with two attached hydrogens (primary N) is 1. The number of aromatic nitrogens is 3. The Bertz CT molecular complexity index is 487. The Morgan fingerprint density at radius 3 is 2.81 bits per heavy atom. The maximum absolute atomic E-state index is 6.17. The zero-order valence-electron chi connectivity index (χ0n) is 10.0. The molecule has 0 saturated carbocycles. The largest absolute Gasteiger partial charge is 0.327 e. The Labute approximate surface area is 95.5 Å². The molecule has 0 radical (unpaired) electrons. The van der Waals surface area contributed by atoms with E-state index < -0.39 is 0 Å². The molecule has 2 aromatic rings. The minimum atomic E-state index is -0.0210. The minimum Gasteiger partial charge on any atom is -0.327 e. The summed E-state index contributed by atoms with van der Waals surface area (Å²) in [5, 5.41) is 0. The topological polar surface area (TPSA) is 56.7 Å². The summed E-state index contributed by atoms with van der Waals surface area (Å²) in [5.41, 5.74) is 8.22. The Morgan fingerprint density at radius 1 is 1.44 bits per heavy atom. The molecule has 1 atom stereocenters. The van der Waals surface area contributed by atoms with Gasteiger partial charge in [-0.2, -0.15) is 0 Å². The van der Waals surface area contributed by atoms with Crippen LogP contribution >= 0.6 is 0 Å². The Hall–Kier alpha value is -1.42. The highest BCUT2D eigenvalue weighted by Crippen LogP contribution is 2.23. The average molecular weight is 218 g/mol. The molecular formula is C12H18N4. The van der Waals surface area contributed by atoms with Crippen LogP contribution in [0.15, 0.2) is 18.5 Å². The number of rotatable bonds is 3. The van der Waals surface area contributed by atoms with Crippen LogP contribution in [0.25, 0.3) is 11.0 Å². The first-order chi connectivity index (χ1) is 7.65. The standard InChI is InChI=1S/C12H18N4/c1-4-16-10-5-6-14-7-9(10)15-12(16)11(13)8(2)3/h5-8,11H,4,13H2,1-3H3/t11-/m1/s1. The molecule has 16 heavy (non-hydrogen) atoms. The van der Waals surface area contributed by atoms with Crippen molar-refractivity contribution < 1.29 is 0 Å². The normalized spacial score (nSPS) is 13.6. The number of pyridine rings is 1. The van der Waals surface area contributed by atoms with Gasteiger partial charge in [0.05, 0.1) is 17.8 Å². The van der Waals surface area contributed by atoms with E-state index in [0.717, 1.165) is 23.4 Å². The van der Waals surface area contributed by atoms with Crippen molar-refractivity contribution in [2.45, 2.75) is 33.4 Å². The number of hydrogen-bond acceptors (Lipinski definition) is 3. The van der Waals surface area contributed by atoms with E-state index in [1.807, 2.05) is 6.07 Å². The fourth-order valence-corrected chi connectivity index (χ4v) is 1.89. The molecular weight excluding hydrogens is 200 g/mol. The maximum Gasteiger partial charge on any atom is 0.127 e. The summed E-state index contributed by atoms with van der Waals surface area (Å²) in [6.45, 7) is 7.22. The lowest BCUT2D eigenvalue weighted by atomic mass is 10.1. The summed E-state index contributed by atoms with van der Waals surface area (Å²) in [6.07, 6.45) is 3.58. The van der Waals surface area contributed by atoms with Crippen LogP contribution in [-0.2, 0) is 6.54 Å². The number of nitrogens with zero attached hydrogens (tertiary/aromatic N) is 3. The lowest BCUT2D eigenvalue weighted by molar-refractivity contribution is 0.472. The van der Waals surface area contributed by atoms with Gasteiger partial charge >= 0.3 is 0 Å². The predicted octanol–water partition coefficient (Wildman–Crippen LogP) is 2.11. The second kappa shape index (κ2) is 4.22. The molecule has 2 heterocycles. The van der Waals surface area contributed by atoms with E-state index in [9.17, 15) is 0 Å². The van der Waals surface area contributed by atoms with Crippen LogP contribution in [0, 0.1) is 5.92 Å². The molecule has 0 bridgehead atoms. The Morgan fingerprint density at radius 2 is 2.19 bits per heavy atom. The monoisotopic (exact) mass is 218 g/mol. The third-order valence-electron chi connectivity index (χ3n) is 2.91. The second-order valence-corrected chi connectivity index (χ2v) is 4.35. The van der Waals surface area contributed by atoms with Crippen LogP contribution in [0.5, 0.6) is 0 Å². The molecule has 4 nitrogen and oxygen atoms in total. The lowest BCUT2D eigenvalue weighted by Crippen LogP contribution is -2.21. The van der Waals surface area contributed by atoms with Gasteiger partial charge in [0.15, 0.2) is 0 Å². The molecule has 2 N–H and O–H groups in total. The van der Waals surface area contributed by atoms with Gasteiger partial charge in [0, 0.05) is 12.7 Å². The summed E-state index contributed by atoms with van der Waals surface area (Å²) in [4.78, 5) is 8.67. The van der Waals surface area contributed by atoms with Crippen LogP contribution in [0.2, 0.25) is 0 Å². The maximum atomic E-state index is 6.17. The van der Waals surface area contributed by atoms with Crippen molar-refractivity contribution in [3.63, 3.8) is 0 Å². The molecule has 86 valence electrons. The molecule has 0 aliphatic rings. The van der Waals surface area contributed by atoms with Crippen molar-refractivity contribution in [1.82, 2.24) is 14.5 Å². The smallest absolute Gasteiger partial charge is 0.127 e. The van der Waals surface area contributed by atoms with Crippen molar-refractivity contribution >= 4 is 11.0 Å². The van der Waals surface area contributed by atoms with Gasteiger partial charge in [-0.3, -0.25) is 4.98 Å². The van der Waals surface area contributed by atoms with E-state index >= 15 is 0 Å². The molecule has 0 amide bonds. The number of fused-ring (bicyclic) bond motifs is 1. The van der Waals surface area contributed by atoms with Gasteiger partial charge in [-0.05, 0) is 18.9 Å². The van der Waals surface area contributed by atoms with Crippen LogP contribution < -0.4 is 5.73 Å². The molecule has 0 aliphatic heterocycles. The van der Waals surface area contributed by atoms with E-state index in [1.54, 1.807) is 12.4 Å². The SMILES string of the molecule is CCn1c([C@H](N)C(C)C)nc2cnccc21. The minimum absolute atomic E-state index is 0.0210. The van der Waals surface area contributed by atoms with Gasteiger partial charge in [-0.25, -0.2) is 4.98 Å². The summed E-state index contributed by atoms with van der Waals surface area (Å²) in [7, 11) is 0. The fourth-order valence-electron chi connectivity index (χ4n) is 1.89. The quantitative estimate of drug-likeness (QED) is 0.858. The zero-order valence-corrected chi connectivity index (χ0v) is 10.0. The van der Waals surface area contributed by atoms with Crippen LogP contribution in [0.1, 0.15) is 32.6 Å². The summed E-state index contributed by atoms with van der Waals surface area (Å²) >= 11 is 0. The Kier molecular flexibility index (Phi) is 2.92. The fraction of sp³-hybridized carbons (Fsp3) is 0.500. The van der Waals surface area contributed by atoms with E-state index in [0.29, 0.717) is 5.92 Å². The predicted molar refractivity (Wildman–Crippen MR) is 65.0 cm³/mol. The van der Waals surface area contributed by atoms with Crippen molar-refractivity contribution in [2.24, 2.45) is 11.7 Å². The molecule has 0 unspecified atom stereocenters. The number of aryl methyl sites for hydroxylation is 1. The summed E-state index contributed by atoms with van der Waals surface area (Å²) in [6, 6.07) is 1.97. The first-order valence-electron chi connectivity index (χ1n) is 5.70. The highest BCUT2D eigenvalue weighted by molar-refractivity contribution is 5.74. The van der Waals surface area contributed by atoms with E-state index in [-0.39, 0.29) is 6.04 Å². The number of imidazole rings is 1. The van der Waals surface area contributed by atoms with Gasteiger partial charge in [-0.15, -0.1) is 0 Å². The first-order valence-corrected chi connectivity index (χ1v) is 5.70. The van der Waals surface area contributed by atoms with Crippen molar-refractivity contribution in [3.05, 3.63) is 24.3 Å². The van der Waals surface area contributed by atoms with Gasteiger partial charge in [0.2, 0.25) is 0 Å². The van der Waals surface area contributed by atoms with Gasteiger partial charge in [-0.1, -0.05) is 13.8 Å². The third kappa shape index (κ3) is 1.69. The highest BCUT2D eigenvalue weighted by atomic mass is 15.1. The summed E-state index contributed by atoms with van der Waals surface area (Å²) < 4.78 is 2.17. The highest BCUT2D eigenvalue weighted by Gasteiger charge is 2.18. The van der Waals surface area contributed by atoms with Crippen molar-refractivity contribution in [1.29, 1.82) is 0 Å². The van der Waals surface area contributed by atoms with Gasteiger partial charge in [0.25, 0.3) is 0 Å². The van der Waals surface area contributed by atoms with Gasteiger partial charge < -0.3 is 10.3 Å². The lowest BCUT2D eigenvalue weighted by Gasteiger charge is -2.16.